The molecule has 138 valence electrons. The van der Waals surface area contributed by atoms with Crippen molar-refractivity contribution in [3.05, 3.63) is 63.8 Å². The highest BCUT2D eigenvalue weighted by Crippen LogP contribution is 2.22. The standard InChI is InChI=1S/C17H16N6O4/c1-11(10-19-21-18)27-17(26)14-6-7-22(20-14)8-9-23-15(24)12-4-2-3-5-13(12)16(23)25/h2-7,11H,8-10H2,1H3. The molecule has 0 saturated heterocycles. The van der Waals surface area contributed by atoms with Gasteiger partial charge in [0.05, 0.1) is 24.2 Å². The minimum absolute atomic E-state index is 0.0304. The van der Waals surface area contributed by atoms with E-state index in [0.29, 0.717) is 11.1 Å². The van der Waals surface area contributed by atoms with E-state index in [1.165, 1.54) is 10.7 Å². The molecule has 1 aliphatic heterocycles. The third-order valence-electron chi connectivity index (χ3n) is 3.99. The van der Waals surface area contributed by atoms with Crippen LogP contribution in [-0.4, -0.2) is 51.7 Å². The van der Waals surface area contributed by atoms with Gasteiger partial charge >= 0.3 is 5.97 Å². The first-order chi connectivity index (χ1) is 13.0. The van der Waals surface area contributed by atoms with Gasteiger partial charge in [0.2, 0.25) is 0 Å². The number of ether oxygens (including phenoxy) is 1. The number of aromatic nitrogens is 2. The largest absolute Gasteiger partial charge is 0.458 e. The smallest absolute Gasteiger partial charge is 0.359 e. The van der Waals surface area contributed by atoms with Crippen molar-refractivity contribution in [2.45, 2.75) is 19.6 Å². The van der Waals surface area contributed by atoms with E-state index in [0.717, 1.165) is 4.90 Å². The van der Waals surface area contributed by atoms with Gasteiger partial charge in [-0.15, -0.1) is 0 Å². The zero-order valence-corrected chi connectivity index (χ0v) is 14.5. The molecule has 1 aliphatic rings. The first-order valence-corrected chi connectivity index (χ1v) is 8.21. The molecule has 1 aromatic heterocycles. The Kier molecular flexibility index (Phi) is 5.18. The number of hydrogen-bond acceptors (Lipinski definition) is 6. The van der Waals surface area contributed by atoms with Crippen molar-refractivity contribution < 1.29 is 19.1 Å². The van der Waals surface area contributed by atoms with Gasteiger partial charge < -0.3 is 4.74 Å². The monoisotopic (exact) mass is 368 g/mol. The minimum atomic E-state index is -0.643. The van der Waals surface area contributed by atoms with Crippen molar-refractivity contribution in [2.24, 2.45) is 5.11 Å². The maximum Gasteiger partial charge on any atom is 0.359 e. The first kappa shape index (κ1) is 18.2. The van der Waals surface area contributed by atoms with E-state index in [4.69, 9.17) is 10.3 Å². The summed E-state index contributed by atoms with van der Waals surface area (Å²) in [5.41, 5.74) is 9.13. The molecule has 0 bridgehead atoms. The lowest BCUT2D eigenvalue weighted by molar-refractivity contribution is 0.0350. The van der Waals surface area contributed by atoms with Crippen LogP contribution in [0.15, 0.2) is 41.6 Å². The van der Waals surface area contributed by atoms with Crippen molar-refractivity contribution in [3.63, 3.8) is 0 Å². The summed E-state index contributed by atoms with van der Waals surface area (Å²) in [4.78, 5) is 40.4. The number of carbonyl (C=O) groups is 3. The molecule has 10 nitrogen and oxygen atoms in total. The van der Waals surface area contributed by atoms with Gasteiger partial charge in [0.15, 0.2) is 5.69 Å². The van der Waals surface area contributed by atoms with Crippen molar-refractivity contribution in [1.82, 2.24) is 14.7 Å². The van der Waals surface area contributed by atoms with Crippen LogP contribution in [0, 0.1) is 0 Å². The van der Waals surface area contributed by atoms with E-state index in [1.54, 1.807) is 37.4 Å². The van der Waals surface area contributed by atoms with Gasteiger partial charge in [0, 0.05) is 17.7 Å². The number of fused-ring (bicyclic) bond motifs is 1. The molecule has 27 heavy (non-hydrogen) atoms. The van der Waals surface area contributed by atoms with E-state index >= 15 is 0 Å². The Morgan fingerprint density at radius 2 is 1.89 bits per heavy atom. The summed E-state index contributed by atoms with van der Waals surface area (Å²) in [6.45, 7) is 2.01. The van der Waals surface area contributed by atoms with Crippen molar-refractivity contribution in [1.29, 1.82) is 0 Å². The lowest BCUT2D eigenvalue weighted by Crippen LogP contribution is -2.33. The van der Waals surface area contributed by atoms with Gasteiger partial charge in [0.25, 0.3) is 11.8 Å². The second kappa shape index (κ2) is 7.71. The van der Waals surface area contributed by atoms with Crippen molar-refractivity contribution in [2.75, 3.05) is 13.1 Å². The van der Waals surface area contributed by atoms with Crippen LogP contribution in [0.2, 0.25) is 0 Å². The molecule has 2 amide bonds. The molecule has 10 heteroatoms. The highest BCUT2D eigenvalue weighted by Gasteiger charge is 2.34. The Morgan fingerprint density at radius 3 is 2.52 bits per heavy atom. The van der Waals surface area contributed by atoms with Crippen molar-refractivity contribution in [3.8, 4) is 0 Å². The average molecular weight is 368 g/mol. The topological polar surface area (TPSA) is 130 Å². The lowest BCUT2D eigenvalue weighted by atomic mass is 10.1. The van der Waals surface area contributed by atoms with Gasteiger partial charge in [-0.3, -0.25) is 19.2 Å². The summed E-state index contributed by atoms with van der Waals surface area (Å²) in [6.07, 6.45) is 0.990. The van der Waals surface area contributed by atoms with E-state index in [2.05, 4.69) is 15.1 Å². The molecule has 1 unspecified atom stereocenters. The van der Waals surface area contributed by atoms with Gasteiger partial charge in [-0.2, -0.15) is 5.10 Å². The molecule has 2 aromatic rings. The van der Waals surface area contributed by atoms with Crippen LogP contribution in [0.5, 0.6) is 0 Å². The highest BCUT2D eigenvalue weighted by molar-refractivity contribution is 6.21. The second-order valence-corrected chi connectivity index (χ2v) is 5.90. The molecule has 0 spiro atoms. The molecule has 3 rings (SSSR count). The van der Waals surface area contributed by atoms with Gasteiger partial charge in [0.1, 0.15) is 6.10 Å². The number of imide groups is 1. The number of carbonyl (C=O) groups excluding carboxylic acids is 3. The Hall–Kier alpha value is -3.65. The lowest BCUT2D eigenvalue weighted by Gasteiger charge is -2.13. The molecule has 0 N–H and O–H groups in total. The molecule has 0 fully saturated rings. The number of benzene rings is 1. The van der Waals surface area contributed by atoms with Crippen LogP contribution in [0.3, 0.4) is 0 Å². The first-order valence-electron chi connectivity index (χ1n) is 8.21. The normalized spacial score (nSPS) is 13.9. The number of amides is 2. The third-order valence-corrected chi connectivity index (χ3v) is 3.99. The molecule has 2 heterocycles. The molecular weight excluding hydrogens is 352 g/mol. The summed E-state index contributed by atoms with van der Waals surface area (Å²) in [7, 11) is 0. The maximum absolute atomic E-state index is 12.3. The number of rotatable bonds is 7. The van der Waals surface area contributed by atoms with Gasteiger partial charge in [-0.25, -0.2) is 4.79 Å². The molecule has 1 aromatic carbocycles. The Bertz CT molecular complexity index is 911. The second-order valence-electron chi connectivity index (χ2n) is 5.90. The maximum atomic E-state index is 12.3. The van der Waals surface area contributed by atoms with E-state index in [9.17, 15) is 14.4 Å². The fraction of sp³-hybridized carbons (Fsp3) is 0.294. The van der Waals surface area contributed by atoms with Crippen LogP contribution in [0.1, 0.15) is 38.1 Å². The van der Waals surface area contributed by atoms with Crippen LogP contribution in [-0.2, 0) is 11.3 Å². The van der Waals surface area contributed by atoms with E-state index < -0.39 is 12.1 Å². The Labute approximate surface area is 154 Å². The molecule has 1 atom stereocenters. The number of esters is 1. The number of azide groups is 1. The summed E-state index contributed by atoms with van der Waals surface area (Å²) in [5, 5.41) is 7.43. The summed E-state index contributed by atoms with van der Waals surface area (Å²) < 4.78 is 6.56. The Balaban J connectivity index is 1.59. The summed E-state index contributed by atoms with van der Waals surface area (Å²) in [6, 6.07) is 8.14. The molecule has 0 aliphatic carbocycles. The molecule has 0 saturated carbocycles. The van der Waals surface area contributed by atoms with E-state index in [1.807, 2.05) is 0 Å². The van der Waals surface area contributed by atoms with Crippen LogP contribution in [0.4, 0.5) is 0 Å². The number of nitrogens with zero attached hydrogens (tertiary/aromatic N) is 6. The van der Waals surface area contributed by atoms with E-state index in [-0.39, 0.29) is 37.1 Å². The quantitative estimate of drug-likeness (QED) is 0.243. The molecular formula is C17H16N6O4. The Morgan fingerprint density at radius 1 is 1.22 bits per heavy atom. The fourth-order valence-electron chi connectivity index (χ4n) is 2.67. The third kappa shape index (κ3) is 3.80. The minimum Gasteiger partial charge on any atom is -0.458 e. The van der Waals surface area contributed by atoms with Gasteiger partial charge in [-0.05, 0) is 30.7 Å². The SMILES string of the molecule is CC(CN=[N+]=[N-])OC(=O)c1ccn(CCN2C(=O)c3ccccc3C2=O)n1. The highest BCUT2D eigenvalue weighted by atomic mass is 16.5. The zero-order chi connectivity index (χ0) is 19.4. The molecule has 0 radical (unpaired) electrons. The van der Waals surface area contributed by atoms with Crippen LogP contribution < -0.4 is 0 Å². The zero-order valence-electron chi connectivity index (χ0n) is 14.5. The van der Waals surface area contributed by atoms with Crippen LogP contribution >= 0.6 is 0 Å². The predicted octanol–water partition coefficient (Wildman–Crippen LogP) is 2.03. The van der Waals surface area contributed by atoms with Gasteiger partial charge in [-0.1, -0.05) is 17.2 Å². The number of hydrogen-bond donors (Lipinski definition) is 0. The summed E-state index contributed by atoms with van der Waals surface area (Å²) in [5.74, 6) is -1.32. The predicted molar refractivity (Wildman–Crippen MR) is 92.9 cm³/mol. The summed E-state index contributed by atoms with van der Waals surface area (Å²) >= 11 is 0. The fourth-order valence-corrected chi connectivity index (χ4v) is 2.67. The van der Waals surface area contributed by atoms with Crippen molar-refractivity contribution >= 4 is 17.8 Å². The van der Waals surface area contributed by atoms with Crippen LogP contribution in [0.25, 0.3) is 10.4 Å². The average Bonchev–Trinajstić information content (AvgIpc) is 3.23.